The molecule has 0 saturated heterocycles. The van der Waals surface area contributed by atoms with E-state index in [4.69, 9.17) is 4.42 Å². The predicted octanol–water partition coefficient (Wildman–Crippen LogP) is 14.5. The Hall–Kier alpha value is -6.52. The molecule has 0 saturated carbocycles. The van der Waals surface area contributed by atoms with Crippen molar-refractivity contribution in [1.29, 1.82) is 0 Å². The highest BCUT2D eigenvalue weighted by atomic mass is 16.3. The van der Waals surface area contributed by atoms with Crippen LogP contribution in [0.15, 0.2) is 162 Å². The van der Waals surface area contributed by atoms with Crippen molar-refractivity contribution in [2.24, 2.45) is 0 Å². The van der Waals surface area contributed by atoms with Crippen LogP contribution in [0.3, 0.4) is 0 Å². The molecule has 4 heteroatoms. The Morgan fingerprint density at radius 2 is 0.969 bits per heavy atom. The molecule has 0 unspecified atom stereocenters. The van der Waals surface area contributed by atoms with Crippen LogP contribution in [0, 0.1) is 0 Å². The maximum Gasteiger partial charge on any atom is 0.252 e. The lowest BCUT2D eigenvalue weighted by atomic mass is 9.33. The van der Waals surface area contributed by atoms with Crippen LogP contribution in [0.1, 0.15) is 102 Å². The number of fused-ring (bicyclic) bond motifs is 7. The van der Waals surface area contributed by atoms with Gasteiger partial charge >= 0.3 is 0 Å². The zero-order valence-electron chi connectivity index (χ0n) is 38.8. The second-order valence-corrected chi connectivity index (χ2v) is 21.3. The van der Waals surface area contributed by atoms with Gasteiger partial charge in [-0.25, -0.2) is 0 Å². The summed E-state index contributed by atoms with van der Waals surface area (Å²) in [6, 6.07) is 57.4. The lowest BCUT2D eigenvalue weighted by Crippen LogP contribution is -2.61. The van der Waals surface area contributed by atoms with Crippen molar-refractivity contribution >= 4 is 73.8 Å². The number of furan rings is 1. The molecule has 0 fully saturated rings. The van der Waals surface area contributed by atoms with Crippen LogP contribution in [0.2, 0.25) is 0 Å². The molecule has 2 aliphatic heterocycles. The molecular weight excluding hydrogens is 775 g/mol. The smallest absolute Gasteiger partial charge is 0.252 e. The average Bonchev–Trinajstić information content (AvgIpc) is 3.67. The van der Waals surface area contributed by atoms with Gasteiger partial charge in [0.05, 0.1) is 0 Å². The quantitative estimate of drug-likeness (QED) is 0.165. The van der Waals surface area contributed by atoms with E-state index in [0.29, 0.717) is 0 Å². The van der Waals surface area contributed by atoms with E-state index in [-0.39, 0.29) is 23.0 Å². The monoisotopic (exact) mass is 832 g/mol. The van der Waals surface area contributed by atoms with E-state index in [0.717, 1.165) is 35.6 Å². The van der Waals surface area contributed by atoms with Crippen LogP contribution in [0.25, 0.3) is 27.7 Å². The summed E-state index contributed by atoms with van der Waals surface area (Å²) in [5, 5.41) is 1.19. The van der Waals surface area contributed by atoms with Gasteiger partial charge in [0, 0.05) is 51.5 Å². The minimum Gasteiger partial charge on any atom is -0.460 e. The minimum atomic E-state index is -0.106. The molecule has 3 nitrogen and oxygen atoms in total. The third-order valence-electron chi connectivity index (χ3n) is 14.0. The first-order chi connectivity index (χ1) is 30.6. The molecule has 0 bridgehead atoms. The van der Waals surface area contributed by atoms with Gasteiger partial charge in [-0.05, 0) is 133 Å². The summed E-state index contributed by atoms with van der Waals surface area (Å²) in [7, 11) is 0. The molecule has 0 N–H and O–H groups in total. The molecule has 0 amide bonds. The SMILES string of the molecule is CC(C)(C)c1ccc2c(c1)B1c3cc(C(C)(C)C)ccc3N(c3ccc(-c4ccccc4)cc3)c3cc(C(C)(C)C)cc(c31)N2c1ccc(C2=CCCc3oc4ccccc4c32)cc1. The van der Waals surface area contributed by atoms with E-state index in [9.17, 15) is 0 Å². The molecule has 0 spiro atoms. The van der Waals surface area contributed by atoms with Crippen LogP contribution in [0.4, 0.5) is 34.1 Å². The highest BCUT2D eigenvalue weighted by Gasteiger charge is 2.45. The first kappa shape index (κ1) is 40.3. The van der Waals surface area contributed by atoms with E-state index in [1.807, 2.05) is 0 Å². The zero-order valence-corrected chi connectivity index (χ0v) is 38.8. The van der Waals surface area contributed by atoms with E-state index in [1.165, 1.54) is 89.0 Å². The van der Waals surface area contributed by atoms with Gasteiger partial charge in [-0.3, -0.25) is 0 Å². The molecule has 1 aliphatic carbocycles. The molecule has 11 rings (SSSR count). The summed E-state index contributed by atoms with van der Waals surface area (Å²) in [4.78, 5) is 5.13. The maximum atomic E-state index is 6.41. The van der Waals surface area contributed by atoms with Gasteiger partial charge in [-0.2, -0.15) is 0 Å². The Labute approximate surface area is 380 Å². The van der Waals surface area contributed by atoms with Gasteiger partial charge in [0.25, 0.3) is 6.71 Å². The Kier molecular flexibility index (Phi) is 9.13. The number of nitrogens with zero attached hydrogens (tertiary/aromatic N) is 2. The fourth-order valence-electron chi connectivity index (χ4n) is 10.4. The Balaban J connectivity index is 1.15. The second kappa shape index (κ2) is 14.5. The van der Waals surface area contributed by atoms with Crippen molar-refractivity contribution in [3.63, 3.8) is 0 Å². The topological polar surface area (TPSA) is 19.6 Å². The summed E-state index contributed by atoms with van der Waals surface area (Å²) < 4.78 is 6.41. The minimum absolute atomic E-state index is 0.0216. The third-order valence-corrected chi connectivity index (χ3v) is 14.0. The second-order valence-electron chi connectivity index (χ2n) is 21.3. The van der Waals surface area contributed by atoms with Crippen molar-refractivity contribution in [2.45, 2.75) is 91.4 Å². The maximum absolute atomic E-state index is 6.41. The van der Waals surface area contributed by atoms with Crippen LogP contribution < -0.4 is 26.2 Å². The van der Waals surface area contributed by atoms with Crippen molar-refractivity contribution in [3.05, 3.63) is 191 Å². The molecule has 64 heavy (non-hydrogen) atoms. The number of benzene rings is 7. The fraction of sp³-hybridized carbons (Fsp3) is 0.233. The van der Waals surface area contributed by atoms with Crippen LogP contribution in [-0.2, 0) is 22.7 Å². The molecule has 8 aromatic rings. The van der Waals surface area contributed by atoms with Gasteiger partial charge in [0.1, 0.15) is 11.3 Å². The van der Waals surface area contributed by atoms with Crippen LogP contribution in [0.5, 0.6) is 0 Å². The summed E-state index contributed by atoms with van der Waals surface area (Å²) in [5.41, 5.74) is 22.3. The summed E-state index contributed by atoms with van der Waals surface area (Å²) in [5.74, 6) is 1.09. The standard InChI is InChI=1S/C60H57BN2O/c1-58(2,3)41-26-32-50-48(34-41)61-49-35-42(59(4,5)6)27-33-51(49)63(45-30-24-40(25-31-45)46-19-15-21-55-56(46)47-18-13-14-20-54(47)64-55)53-37-43(60(7,8)9)36-52(57(53)61)62(50)44-28-22-39(23-29-44)38-16-11-10-12-17-38/h10-14,16-20,22-37H,15,21H2,1-9H3. The number of hydrogen-bond donors (Lipinski definition) is 0. The van der Waals surface area contributed by atoms with Crippen molar-refractivity contribution in [1.82, 2.24) is 0 Å². The Bertz CT molecular complexity index is 3150. The number of hydrogen-bond acceptors (Lipinski definition) is 3. The molecular formula is C60H57BN2O. The largest absolute Gasteiger partial charge is 0.460 e. The van der Waals surface area contributed by atoms with Gasteiger partial charge in [0.15, 0.2) is 0 Å². The molecule has 0 atom stereocenters. The predicted molar refractivity (Wildman–Crippen MR) is 274 cm³/mol. The summed E-state index contributed by atoms with van der Waals surface area (Å²) in [6.45, 7) is 21.1. The highest BCUT2D eigenvalue weighted by molar-refractivity contribution is 7.00. The van der Waals surface area contributed by atoms with E-state index in [2.05, 4.69) is 230 Å². The Morgan fingerprint density at radius 3 is 1.52 bits per heavy atom. The van der Waals surface area contributed by atoms with Gasteiger partial charge in [0.2, 0.25) is 0 Å². The van der Waals surface area contributed by atoms with E-state index >= 15 is 0 Å². The number of rotatable bonds is 4. The number of anilines is 6. The van der Waals surface area contributed by atoms with E-state index < -0.39 is 0 Å². The molecule has 3 aliphatic rings. The first-order valence-corrected chi connectivity index (χ1v) is 23.2. The van der Waals surface area contributed by atoms with E-state index in [1.54, 1.807) is 0 Å². The normalized spacial score (nSPS) is 14.5. The molecule has 3 heterocycles. The molecule has 0 radical (unpaired) electrons. The number of allylic oxidation sites excluding steroid dienone is 1. The Morgan fingerprint density at radius 1 is 0.469 bits per heavy atom. The molecule has 1 aromatic heterocycles. The number of para-hydroxylation sites is 1. The lowest BCUT2D eigenvalue weighted by molar-refractivity contribution is 0.545. The third kappa shape index (κ3) is 6.56. The fourth-order valence-corrected chi connectivity index (χ4v) is 10.4. The average molecular weight is 833 g/mol. The number of aryl methyl sites for hydroxylation is 1. The van der Waals surface area contributed by atoms with Crippen molar-refractivity contribution < 1.29 is 4.42 Å². The van der Waals surface area contributed by atoms with Crippen LogP contribution >= 0.6 is 0 Å². The lowest BCUT2D eigenvalue weighted by Gasteiger charge is -2.45. The molecule has 316 valence electrons. The highest BCUT2D eigenvalue weighted by Crippen LogP contribution is 2.48. The van der Waals surface area contributed by atoms with Gasteiger partial charge in [-0.1, -0.05) is 165 Å². The summed E-state index contributed by atoms with van der Waals surface area (Å²) in [6.07, 6.45) is 4.30. The van der Waals surface area contributed by atoms with Gasteiger partial charge < -0.3 is 14.2 Å². The summed E-state index contributed by atoms with van der Waals surface area (Å²) >= 11 is 0. The van der Waals surface area contributed by atoms with Crippen molar-refractivity contribution in [2.75, 3.05) is 9.80 Å². The first-order valence-electron chi connectivity index (χ1n) is 23.2. The zero-order chi connectivity index (χ0) is 44.3. The molecule has 7 aromatic carbocycles. The van der Waals surface area contributed by atoms with Crippen LogP contribution in [-0.4, -0.2) is 6.71 Å². The van der Waals surface area contributed by atoms with Gasteiger partial charge in [-0.15, -0.1) is 0 Å². The van der Waals surface area contributed by atoms with Crippen molar-refractivity contribution in [3.8, 4) is 11.1 Å².